The Labute approximate surface area is 111 Å². The first-order valence-electron chi connectivity index (χ1n) is 6.54. The molecule has 2 heteroatoms. The monoisotopic (exact) mass is 250 g/mol. The van der Waals surface area contributed by atoms with Crippen LogP contribution in [0.2, 0.25) is 0 Å². The van der Waals surface area contributed by atoms with Crippen molar-refractivity contribution in [1.82, 2.24) is 0 Å². The molecule has 0 unspecified atom stereocenters. The third kappa shape index (κ3) is 1.02. The maximum Gasteiger partial charge on any atom is 0.310 e. The number of hydrogen-bond donors (Lipinski definition) is 1. The van der Waals surface area contributed by atoms with Crippen molar-refractivity contribution in [2.45, 2.75) is 18.8 Å². The largest absolute Gasteiger partial charge is 0.481 e. The van der Waals surface area contributed by atoms with E-state index in [1.807, 2.05) is 31.2 Å². The van der Waals surface area contributed by atoms with Crippen LogP contribution in [0.1, 0.15) is 24.5 Å². The molecule has 0 aliphatic heterocycles. The highest BCUT2D eigenvalue weighted by Gasteiger charge is 2.73. The van der Waals surface area contributed by atoms with Gasteiger partial charge in [0.2, 0.25) is 0 Å². The van der Waals surface area contributed by atoms with Gasteiger partial charge in [-0.3, -0.25) is 4.79 Å². The lowest BCUT2D eigenvalue weighted by molar-refractivity contribution is -0.143. The molecule has 2 aliphatic carbocycles. The van der Waals surface area contributed by atoms with Crippen LogP contribution in [0.5, 0.6) is 0 Å². The van der Waals surface area contributed by atoms with Gasteiger partial charge in [-0.1, -0.05) is 48.5 Å². The number of aliphatic carboxylic acids is 1. The van der Waals surface area contributed by atoms with Gasteiger partial charge in [-0.2, -0.15) is 0 Å². The number of hydrogen-bond acceptors (Lipinski definition) is 1. The van der Waals surface area contributed by atoms with Crippen LogP contribution >= 0.6 is 0 Å². The van der Waals surface area contributed by atoms with Crippen molar-refractivity contribution in [2.24, 2.45) is 5.41 Å². The van der Waals surface area contributed by atoms with Crippen molar-refractivity contribution in [3.05, 3.63) is 59.7 Å². The molecule has 1 saturated carbocycles. The van der Waals surface area contributed by atoms with E-state index in [9.17, 15) is 9.90 Å². The van der Waals surface area contributed by atoms with Gasteiger partial charge in [0.25, 0.3) is 0 Å². The lowest BCUT2D eigenvalue weighted by atomic mass is 9.85. The molecule has 2 aromatic rings. The van der Waals surface area contributed by atoms with Crippen LogP contribution in [0.4, 0.5) is 0 Å². The fourth-order valence-corrected chi connectivity index (χ4v) is 3.85. The molecule has 1 atom stereocenters. The predicted molar refractivity (Wildman–Crippen MR) is 73.0 cm³/mol. The van der Waals surface area contributed by atoms with E-state index in [-0.39, 0.29) is 5.41 Å². The van der Waals surface area contributed by atoms with Crippen molar-refractivity contribution >= 4 is 5.97 Å². The fourth-order valence-electron chi connectivity index (χ4n) is 3.85. The summed E-state index contributed by atoms with van der Waals surface area (Å²) in [5, 5.41) is 9.59. The molecular weight excluding hydrogens is 236 g/mol. The number of carbonyl (C=O) groups is 1. The van der Waals surface area contributed by atoms with Crippen molar-refractivity contribution in [3.63, 3.8) is 0 Å². The molecule has 2 nitrogen and oxygen atoms in total. The number of benzene rings is 2. The zero-order valence-electron chi connectivity index (χ0n) is 10.7. The van der Waals surface area contributed by atoms with Gasteiger partial charge in [0.05, 0.1) is 5.41 Å². The Morgan fingerprint density at radius 2 is 1.47 bits per heavy atom. The Bertz CT molecular complexity index is 671. The Morgan fingerprint density at radius 3 is 1.89 bits per heavy atom. The molecule has 2 aromatic carbocycles. The van der Waals surface area contributed by atoms with Crippen molar-refractivity contribution in [1.29, 1.82) is 0 Å². The molecule has 2 aliphatic rings. The highest BCUT2D eigenvalue weighted by atomic mass is 16.4. The topological polar surface area (TPSA) is 37.3 Å². The summed E-state index contributed by atoms with van der Waals surface area (Å²) in [7, 11) is 0. The van der Waals surface area contributed by atoms with Crippen molar-refractivity contribution in [2.75, 3.05) is 0 Å². The summed E-state index contributed by atoms with van der Waals surface area (Å²) >= 11 is 0. The van der Waals surface area contributed by atoms with E-state index in [2.05, 4.69) is 24.3 Å². The summed E-state index contributed by atoms with van der Waals surface area (Å²) in [6.07, 6.45) is 0.698. The summed E-state index contributed by atoms with van der Waals surface area (Å²) in [5.41, 5.74) is 3.77. The molecule has 4 rings (SSSR count). The average Bonchev–Trinajstić information content (AvgIpc) is 2.98. The number of carboxylic acid groups (broad SMARTS) is 1. The van der Waals surface area contributed by atoms with Crippen molar-refractivity contribution in [3.8, 4) is 11.1 Å². The van der Waals surface area contributed by atoms with Gasteiger partial charge < -0.3 is 5.11 Å². The standard InChI is InChI=1S/C17H14O2/c1-16(15(18)19)10-17(16)13-8-4-2-6-11(13)12-7-3-5-9-14(12)17/h2-9H,10H2,1H3,(H,18,19)/t16-/m1/s1. The third-order valence-electron chi connectivity index (χ3n) is 4.97. The zero-order valence-corrected chi connectivity index (χ0v) is 10.7. The molecule has 0 amide bonds. The minimum Gasteiger partial charge on any atom is -0.481 e. The van der Waals surface area contributed by atoms with E-state index in [0.29, 0.717) is 6.42 Å². The summed E-state index contributed by atoms with van der Waals surface area (Å²) in [4.78, 5) is 11.7. The highest BCUT2D eigenvalue weighted by Crippen LogP contribution is 2.73. The Hall–Kier alpha value is -2.09. The van der Waals surface area contributed by atoms with Crippen LogP contribution < -0.4 is 0 Å². The van der Waals surface area contributed by atoms with Gasteiger partial charge in [0.15, 0.2) is 0 Å². The first-order valence-corrected chi connectivity index (χ1v) is 6.54. The van der Waals surface area contributed by atoms with Crippen LogP contribution in [0, 0.1) is 5.41 Å². The Morgan fingerprint density at radius 1 is 1.00 bits per heavy atom. The fraction of sp³-hybridized carbons (Fsp3) is 0.235. The molecule has 1 fully saturated rings. The maximum atomic E-state index is 11.7. The summed E-state index contributed by atoms with van der Waals surface area (Å²) in [6, 6.07) is 16.4. The number of rotatable bonds is 1. The van der Waals surface area contributed by atoms with E-state index in [0.717, 1.165) is 0 Å². The predicted octanol–water partition coefficient (Wildman–Crippen LogP) is 3.45. The molecule has 0 radical (unpaired) electrons. The Balaban J connectivity index is 2.07. The van der Waals surface area contributed by atoms with Crippen LogP contribution in [0.15, 0.2) is 48.5 Å². The SMILES string of the molecule is C[C@]1(C(=O)O)CC12c1ccccc1-c1ccccc12. The van der Waals surface area contributed by atoms with Gasteiger partial charge in [0.1, 0.15) is 0 Å². The summed E-state index contributed by atoms with van der Waals surface area (Å²) in [6.45, 7) is 1.87. The van der Waals surface area contributed by atoms with E-state index >= 15 is 0 Å². The van der Waals surface area contributed by atoms with Crippen LogP contribution in [0.3, 0.4) is 0 Å². The molecule has 94 valence electrons. The second-order valence-corrected chi connectivity index (χ2v) is 5.81. The molecule has 19 heavy (non-hydrogen) atoms. The van der Waals surface area contributed by atoms with E-state index < -0.39 is 11.4 Å². The molecule has 1 spiro atoms. The molecule has 0 aromatic heterocycles. The molecule has 0 heterocycles. The van der Waals surface area contributed by atoms with Crippen molar-refractivity contribution < 1.29 is 9.90 Å². The van der Waals surface area contributed by atoms with E-state index in [4.69, 9.17) is 0 Å². The highest BCUT2D eigenvalue weighted by molar-refractivity contribution is 5.92. The van der Waals surface area contributed by atoms with Gasteiger partial charge >= 0.3 is 5.97 Å². The minimum atomic E-state index is -0.695. The summed E-state index contributed by atoms with van der Waals surface area (Å²) < 4.78 is 0. The molecular formula is C17H14O2. The summed E-state index contributed by atoms with van der Waals surface area (Å²) in [5.74, 6) is -0.695. The lowest BCUT2D eigenvalue weighted by Crippen LogP contribution is -2.23. The lowest BCUT2D eigenvalue weighted by Gasteiger charge is -2.17. The van der Waals surface area contributed by atoms with Gasteiger partial charge in [0, 0.05) is 5.41 Å². The van der Waals surface area contributed by atoms with Crippen LogP contribution in [0.25, 0.3) is 11.1 Å². The number of fused-ring (bicyclic) bond motifs is 5. The second-order valence-electron chi connectivity index (χ2n) is 5.81. The third-order valence-corrected chi connectivity index (χ3v) is 4.97. The van der Waals surface area contributed by atoms with Crippen LogP contribution in [-0.4, -0.2) is 11.1 Å². The number of carboxylic acids is 1. The quantitative estimate of drug-likeness (QED) is 0.841. The first-order chi connectivity index (χ1) is 9.11. The molecule has 1 N–H and O–H groups in total. The van der Waals surface area contributed by atoms with Gasteiger partial charge in [-0.25, -0.2) is 0 Å². The van der Waals surface area contributed by atoms with E-state index in [1.54, 1.807) is 0 Å². The zero-order chi connectivity index (χ0) is 13.3. The Kier molecular flexibility index (Phi) is 1.75. The normalized spacial score (nSPS) is 24.9. The van der Waals surface area contributed by atoms with Gasteiger partial charge in [-0.15, -0.1) is 0 Å². The second kappa shape index (κ2) is 3.08. The molecule has 0 bridgehead atoms. The van der Waals surface area contributed by atoms with E-state index in [1.165, 1.54) is 22.3 Å². The smallest absolute Gasteiger partial charge is 0.310 e. The average molecular weight is 250 g/mol. The maximum absolute atomic E-state index is 11.7. The first kappa shape index (κ1) is 10.8. The molecule has 0 saturated heterocycles. The van der Waals surface area contributed by atoms with Crippen LogP contribution in [-0.2, 0) is 10.2 Å². The minimum absolute atomic E-state index is 0.313. The van der Waals surface area contributed by atoms with Gasteiger partial charge in [-0.05, 0) is 35.6 Å².